The number of esters is 1. The first-order chi connectivity index (χ1) is 7.20. The fraction of sp³-hybridized carbons (Fsp3) is 0.917. The molecule has 0 N–H and O–H groups in total. The predicted molar refractivity (Wildman–Crippen MR) is 67.3 cm³/mol. The Morgan fingerprint density at radius 2 is 1.93 bits per heavy atom. The normalized spacial score (nSPS) is 12.5. The average molecular weight is 279 g/mol. The van der Waals surface area contributed by atoms with Gasteiger partial charge in [0, 0.05) is 11.8 Å². The van der Waals surface area contributed by atoms with Gasteiger partial charge in [0.15, 0.2) is 0 Å². The molecule has 0 bridgehead atoms. The van der Waals surface area contributed by atoms with Crippen LogP contribution in [0.15, 0.2) is 0 Å². The van der Waals surface area contributed by atoms with Crippen molar-refractivity contribution in [3.05, 3.63) is 0 Å². The third kappa shape index (κ3) is 10.2. The van der Waals surface area contributed by atoms with Gasteiger partial charge in [-0.25, -0.2) is 0 Å². The highest BCUT2D eigenvalue weighted by Gasteiger charge is 2.09. The lowest BCUT2D eigenvalue weighted by atomic mass is 10.00. The monoisotopic (exact) mass is 278 g/mol. The first-order valence-corrected chi connectivity index (χ1v) is 7.04. The number of unbranched alkanes of at least 4 members (excludes halogenated alkanes) is 3. The van der Waals surface area contributed by atoms with Crippen LogP contribution < -0.4 is 0 Å². The Kier molecular flexibility index (Phi) is 10.4. The number of hydrogen-bond acceptors (Lipinski definition) is 2. The fourth-order valence-electron chi connectivity index (χ4n) is 1.55. The molecule has 90 valence electrons. The first kappa shape index (κ1) is 14.9. The molecule has 0 aliphatic rings. The third-order valence-corrected chi connectivity index (χ3v) is 2.96. The van der Waals surface area contributed by atoms with Crippen molar-refractivity contribution in [2.45, 2.75) is 52.4 Å². The second kappa shape index (κ2) is 10.5. The molecule has 0 heterocycles. The summed E-state index contributed by atoms with van der Waals surface area (Å²) in [6.45, 7) is 4.47. The van der Waals surface area contributed by atoms with Crippen LogP contribution in [0.5, 0.6) is 0 Å². The van der Waals surface area contributed by atoms with E-state index in [2.05, 4.69) is 22.9 Å². The number of ether oxygens (including phenoxy) is 1. The summed E-state index contributed by atoms with van der Waals surface area (Å²) >= 11 is 3.42. The van der Waals surface area contributed by atoms with Gasteiger partial charge in [-0.2, -0.15) is 0 Å². The summed E-state index contributed by atoms with van der Waals surface area (Å²) in [6.07, 6.45) is 6.77. The van der Waals surface area contributed by atoms with Gasteiger partial charge in [-0.15, -0.1) is 0 Å². The fourth-order valence-corrected chi connectivity index (χ4v) is 1.94. The van der Waals surface area contributed by atoms with E-state index in [0.29, 0.717) is 18.9 Å². The maximum Gasteiger partial charge on any atom is 0.306 e. The maximum absolute atomic E-state index is 11.2. The summed E-state index contributed by atoms with van der Waals surface area (Å²) in [5.41, 5.74) is 0. The molecule has 0 amide bonds. The first-order valence-electron chi connectivity index (χ1n) is 5.92. The van der Waals surface area contributed by atoms with Crippen LogP contribution >= 0.6 is 15.9 Å². The predicted octanol–water partition coefficient (Wildman–Crippen LogP) is 3.92. The van der Waals surface area contributed by atoms with Crippen LogP contribution in [0.3, 0.4) is 0 Å². The van der Waals surface area contributed by atoms with Gasteiger partial charge in [-0.3, -0.25) is 4.79 Å². The lowest BCUT2D eigenvalue weighted by molar-refractivity contribution is -0.144. The number of halogens is 1. The van der Waals surface area contributed by atoms with Gasteiger partial charge in [0.05, 0.1) is 6.61 Å². The van der Waals surface area contributed by atoms with Crippen LogP contribution in [0.25, 0.3) is 0 Å². The zero-order chi connectivity index (χ0) is 11.5. The number of hydrogen-bond donors (Lipinski definition) is 0. The molecule has 0 aliphatic heterocycles. The Morgan fingerprint density at radius 3 is 2.53 bits per heavy atom. The van der Waals surface area contributed by atoms with Gasteiger partial charge in [0.25, 0.3) is 0 Å². The Balaban J connectivity index is 3.32. The highest BCUT2D eigenvalue weighted by atomic mass is 79.9. The summed E-state index contributed by atoms with van der Waals surface area (Å²) in [6, 6.07) is 0. The van der Waals surface area contributed by atoms with E-state index in [4.69, 9.17) is 4.74 Å². The summed E-state index contributed by atoms with van der Waals surface area (Å²) in [5, 5.41) is 1.10. The maximum atomic E-state index is 11.2. The molecule has 0 aromatic rings. The standard InChI is InChI=1S/C12H23BrO2/c1-3-15-12(14)10-11(2)8-6-4-5-7-9-13/h11H,3-10H2,1-2H3. The van der Waals surface area contributed by atoms with Crippen molar-refractivity contribution in [3.8, 4) is 0 Å². The van der Waals surface area contributed by atoms with Crippen LogP contribution in [0.1, 0.15) is 52.4 Å². The van der Waals surface area contributed by atoms with Gasteiger partial charge < -0.3 is 4.74 Å². The Hall–Kier alpha value is -0.0500. The van der Waals surface area contributed by atoms with E-state index in [1.54, 1.807) is 0 Å². The van der Waals surface area contributed by atoms with Crippen molar-refractivity contribution in [1.29, 1.82) is 0 Å². The summed E-state index contributed by atoms with van der Waals surface area (Å²) in [5.74, 6) is 0.415. The van der Waals surface area contributed by atoms with E-state index in [1.807, 2.05) is 6.92 Å². The topological polar surface area (TPSA) is 26.3 Å². The van der Waals surface area contributed by atoms with Crippen molar-refractivity contribution in [2.24, 2.45) is 5.92 Å². The molecular formula is C12H23BrO2. The van der Waals surface area contributed by atoms with Gasteiger partial charge in [0.2, 0.25) is 0 Å². The second-order valence-electron chi connectivity index (χ2n) is 4.01. The van der Waals surface area contributed by atoms with Crippen LogP contribution in [0.4, 0.5) is 0 Å². The van der Waals surface area contributed by atoms with Crippen LogP contribution in [-0.4, -0.2) is 17.9 Å². The number of carbonyl (C=O) groups is 1. The second-order valence-corrected chi connectivity index (χ2v) is 4.80. The molecule has 0 radical (unpaired) electrons. The van der Waals surface area contributed by atoms with Gasteiger partial charge in [0.1, 0.15) is 0 Å². The third-order valence-electron chi connectivity index (χ3n) is 2.40. The lowest BCUT2D eigenvalue weighted by Gasteiger charge is -2.09. The quantitative estimate of drug-likeness (QED) is 0.363. The minimum Gasteiger partial charge on any atom is -0.466 e. The van der Waals surface area contributed by atoms with Crippen molar-refractivity contribution >= 4 is 21.9 Å². The molecule has 1 unspecified atom stereocenters. The van der Waals surface area contributed by atoms with E-state index in [1.165, 1.54) is 25.7 Å². The molecule has 0 aromatic heterocycles. The molecule has 0 fully saturated rings. The number of rotatable bonds is 9. The molecule has 0 saturated heterocycles. The molecule has 0 aliphatic carbocycles. The van der Waals surface area contributed by atoms with E-state index < -0.39 is 0 Å². The summed E-state index contributed by atoms with van der Waals surface area (Å²) < 4.78 is 4.91. The molecule has 1 atom stereocenters. The van der Waals surface area contributed by atoms with Gasteiger partial charge >= 0.3 is 5.97 Å². The van der Waals surface area contributed by atoms with E-state index in [-0.39, 0.29) is 5.97 Å². The molecule has 0 spiro atoms. The van der Waals surface area contributed by atoms with Crippen molar-refractivity contribution < 1.29 is 9.53 Å². The zero-order valence-corrected chi connectivity index (χ0v) is 11.5. The van der Waals surface area contributed by atoms with Gasteiger partial charge in [-0.1, -0.05) is 48.5 Å². The van der Waals surface area contributed by atoms with Crippen LogP contribution in [-0.2, 0) is 9.53 Å². The SMILES string of the molecule is CCOC(=O)CC(C)CCCCCCBr. The molecule has 0 saturated carbocycles. The Morgan fingerprint density at radius 1 is 1.27 bits per heavy atom. The number of carbonyl (C=O) groups excluding carboxylic acids is 1. The smallest absolute Gasteiger partial charge is 0.306 e. The molecule has 2 nitrogen and oxygen atoms in total. The minimum atomic E-state index is -0.0505. The summed E-state index contributed by atoms with van der Waals surface area (Å²) in [7, 11) is 0. The Labute approximate surface area is 102 Å². The molecule has 0 rings (SSSR count). The molecule has 3 heteroatoms. The van der Waals surface area contributed by atoms with E-state index >= 15 is 0 Å². The summed E-state index contributed by atoms with van der Waals surface area (Å²) in [4.78, 5) is 11.2. The highest BCUT2D eigenvalue weighted by molar-refractivity contribution is 9.09. The average Bonchev–Trinajstić information content (AvgIpc) is 2.17. The minimum absolute atomic E-state index is 0.0505. The van der Waals surface area contributed by atoms with Crippen molar-refractivity contribution in [1.82, 2.24) is 0 Å². The molecule has 0 aromatic carbocycles. The molecular weight excluding hydrogens is 256 g/mol. The largest absolute Gasteiger partial charge is 0.466 e. The Bertz CT molecular complexity index is 160. The molecule has 15 heavy (non-hydrogen) atoms. The van der Waals surface area contributed by atoms with Crippen LogP contribution in [0.2, 0.25) is 0 Å². The van der Waals surface area contributed by atoms with Gasteiger partial charge in [-0.05, 0) is 19.3 Å². The number of alkyl halides is 1. The van der Waals surface area contributed by atoms with Crippen molar-refractivity contribution in [2.75, 3.05) is 11.9 Å². The lowest BCUT2D eigenvalue weighted by Crippen LogP contribution is -2.09. The zero-order valence-electron chi connectivity index (χ0n) is 9.93. The van der Waals surface area contributed by atoms with E-state index in [0.717, 1.165) is 11.8 Å². The van der Waals surface area contributed by atoms with Crippen LogP contribution in [0, 0.1) is 5.92 Å². The van der Waals surface area contributed by atoms with Crippen molar-refractivity contribution in [3.63, 3.8) is 0 Å². The highest BCUT2D eigenvalue weighted by Crippen LogP contribution is 2.14. The van der Waals surface area contributed by atoms with E-state index in [9.17, 15) is 4.79 Å².